The van der Waals surface area contributed by atoms with Crippen molar-refractivity contribution in [1.29, 1.82) is 0 Å². The zero-order valence-corrected chi connectivity index (χ0v) is 13.7. The average Bonchev–Trinajstić information content (AvgIpc) is 2.47. The van der Waals surface area contributed by atoms with Crippen LogP contribution in [-0.4, -0.2) is 53.1 Å². The van der Waals surface area contributed by atoms with Gasteiger partial charge < -0.3 is 14.9 Å². The second-order valence-electron chi connectivity index (χ2n) is 6.33. The van der Waals surface area contributed by atoms with Crippen LogP contribution in [0.15, 0.2) is 0 Å². The maximum atomic E-state index is 12.6. The number of amides is 2. The van der Waals surface area contributed by atoms with Gasteiger partial charge in [-0.05, 0) is 32.6 Å². The van der Waals surface area contributed by atoms with Crippen molar-refractivity contribution in [3.8, 4) is 0 Å². The summed E-state index contributed by atoms with van der Waals surface area (Å²) in [5.74, 6) is -0.747. The van der Waals surface area contributed by atoms with E-state index in [9.17, 15) is 14.7 Å². The summed E-state index contributed by atoms with van der Waals surface area (Å²) in [5.41, 5.74) is -0.672. The zero-order chi connectivity index (χ0) is 15.9. The van der Waals surface area contributed by atoms with Crippen molar-refractivity contribution in [2.24, 2.45) is 5.41 Å². The van der Waals surface area contributed by atoms with Crippen LogP contribution in [-0.2, 0) is 4.79 Å². The molecule has 1 aliphatic heterocycles. The fraction of sp³-hybridized carbons (Fsp3) is 0.875. The first-order valence-corrected chi connectivity index (χ1v) is 8.22. The van der Waals surface area contributed by atoms with Crippen molar-refractivity contribution in [2.75, 3.05) is 26.2 Å². The topological polar surface area (TPSA) is 60.9 Å². The molecule has 1 rings (SSSR count). The second-order valence-corrected chi connectivity index (χ2v) is 6.33. The molecule has 1 fully saturated rings. The van der Waals surface area contributed by atoms with Crippen molar-refractivity contribution in [2.45, 2.75) is 59.3 Å². The van der Waals surface area contributed by atoms with Gasteiger partial charge in [0, 0.05) is 26.2 Å². The number of carboxylic acids is 1. The molecule has 1 N–H and O–H groups in total. The Hall–Kier alpha value is -1.26. The standard InChI is InChI=1S/C16H30N2O3/c1-4-6-10-17(11-7-5-2)15(21)18-12-8-16(3,9-13-18)14(19)20/h4-13H2,1-3H3,(H,19,20). The predicted octanol–water partition coefficient (Wildman–Crippen LogP) is 3.20. The van der Waals surface area contributed by atoms with Gasteiger partial charge in [0.15, 0.2) is 0 Å². The lowest BCUT2D eigenvalue weighted by atomic mass is 9.80. The maximum absolute atomic E-state index is 12.6. The molecule has 0 unspecified atom stereocenters. The van der Waals surface area contributed by atoms with E-state index in [0.717, 1.165) is 38.8 Å². The van der Waals surface area contributed by atoms with Gasteiger partial charge in [-0.2, -0.15) is 0 Å². The molecule has 1 saturated heterocycles. The van der Waals surface area contributed by atoms with Crippen LogP contribution < -0.4 is 0 Å². The van der Waals surface area contributed by atoms with Crippen LogP contribution in [0.5, 0.6) is 0 Å². The molecule has 0 spiro atoms. The van der Waals surface area contributed by atoms with Gasteiger partial charge in [-0.3, -0.25) is 4.79 Å². The minimum atomic E-state index is -0.747. The van der Waals surface area contributed by atoms with Crippen LogP contribution >= 0.6 is 0 Å². The summed E-state index contributed by atoms with van der Waals surface area (Å²) in [5, 5.41) is 9.25. The number of rotatable bonds is 7. The highest BCUT2D eigenvalue weighted by molar-refractivity contribution is 5.77. The molecule has 1 aliphatic rings. The maximum Gasteiger partial charge on any atom is 0.319 e. The summed E-state index contributed by atoms with van der Waals surface area (Å²) in [6, 6.07) is 0.0874. The number of aliphatic carboxylic acids is 1. The van der Waals surface area contributed by atoms with E-state index in [4.69, 9.17) is 0 Å². The normalized spacial score (nSPS) is 17.6. The Morgan fingerprint density at radius 2 is 1.57 bits per heavy atom. The number of carbonyl (C=O) groups is 2. The first-order valence-electron chi connectivity index (χ1n) is 8.22. The lowest BCUT2D eigenvalue weighted by Crippen LogP contribution is -2.50. The molecule has 0 aromatic heterocycles. The molecule has 5 heteroatoms. The first kappa shape index (κ1) is 17.8. The molecule has 21 heavy (non-hydrogen) atoms. The van der Waals surface area contributed by atoms with Gasteiger partial charge in [-0.1, -0.05) is 26.7 Å². The molecule has 0 bridgehead atoms. The number of urea groups is 1. The SMILES string of the molecule is CCCCN(CCCC)C(=O)N1CCC(C)(C(=O)O)CC1. The quantitative estimate of drug-likeness (QED) is 0.785. The molecule has 122 valence electrons. The highest BCUT2D eigenvalue weighted by Gasteiger charge is 2.38. The lowest BCUT2D eigenvalue weighted by molar-refractivity contribution is -0.150. The molecule has 0 saturated carbocycles. The fourth-order valence-electron chi connectivity index (χ4n) is 2.61. The van der Waals surface area contributed by atoms with Gasteiger partial charge in [0.25, 0.3) is 0 Å². The lowest BCUT2D eigenvalue weighted by Gasteiger charge is -2.39. The highest BCUT2D eigenvalue weighted by Crippen LogP contribution is 2.31. The van der Waals surface area contributed by atoms with E-state index in [1.807, 2.05) is 9.80 Å². The van der Waals surface area contributed by atoms with Gasteiger partial charge in [0.1, 0.15) is 0 Å². The van der Waals surface area contributed by atoms with Crippen molar-refractivity contribution in [3.05, 3.63) is 0 Å². The molecule has 0 aromatic rings. The number of unbranched alkanes of at least 4 members (excludes halogenated alkanes) is 2. The van der Waals surface area contributed by atoms with Crippen LogP contribution in [0.2, 0.25) is 0 Å². The van der Waals surface area contributed by atoms with Crippen LogP contribution in [0.4, 0.5) is 4.79 Å². The third-order valence-corrected chi connectivity index (χ3v) is 4.49. The second kappa shape index (κ2) is 8.25. The molecule has 2 amide bonds. The number of hydrogen-bond donors (Lipinski definition) is 1. The van der Waals surface area contributed by atoms with E-state index in [-0.39, 0.29) is 6.03 Å². The Balaban J connectivity index is 2.58. The molecular weight excluding hydrogens is 268 g/mol. The first-order chi connectivity index (χ1) is 9.94. The van der Waals surface area contributed by atoms with Crippen LogP contribution in [0, 0.1) is 5.41 Å². The fourth-order valence-corrected chi connectivity index (χ4v) is 2.61. The highest BCUT2D eigenvalue weighted by atomic mass is 16.4. The molecule has 5 nitrogen and oxygen atoms in total. The van der Waals surface area contributed by atoms with Gasteiger partial charge >= 0.3 is 12.0 Å². The molecule has 0 radical (unpaired) electrons. The number of nitrogens with zero attached hydrogens (tertiary/aromatic N) is 2. The summed E-state index contributed by atoms with van der Waals surface area (Å²) in [6.45, 7) is 8.75. The monoisotopic (exact) mass is 298 g/mol. The number of carbonyl (C=O) groups excluding carboxylic acids is 1. The van der Waals surface area contributed by atoms with Crippen LogP contribution in [0.3, 0.4) is 0 Å². The van der Waals surface area contributed by atoms with E-state index in [1.165, 1.54) is 0 Å². The Bertz CT molecular complexity index is 341. The molecular formula is C16H30N2O3. The van der Waals surface area contributed by atoms with E-state index < -0.39 is 11.4 Å². The van der Waals surface area contributed by atoms with E-state index in [0.29, 0.717) is 25.9 Å². The van der Waals surface area contributed by atoms with Crippen molar-refractivity contribution in [1.82, 2.24) is 9.80 Å². The Kier molecular flexibility index (Phi) is 6.99. The molecule has 1 heterocycles. The molecule has 0 aliphatic carbocycles. The van der Waals surface area contributed by atoms with E-state index >= 15 is 0 Å². The van der Waals surface area contributed by atoms with Gasteiger partial charge in [-0.25, -0.2) is 4.79 Å². The predicted molar refractivity (Wildman–Crippen MR) is 83.3 cm³/mol. The zero-order valence-electron chi connectivity index (χ0n) is 13.7. The largest absolute Gasteiger partial charge is 0.481 e. The molecule has 0 aromatic carbocycles. The minimum absolute atomic E-state index is 0.0874. The summed E-state index contributed by atoms with van der Waals surface area (Å²) < 4.78 is 0. The smallest absolute Gasteiger partial charge is 0.319 e. The Labute approximate surface area is 128 Å². The van der Waals surface area contributed by atoms with Crippen molar-refractivity contribution >= 4 is 12.0 Å². The summed E-state index contributed by atoms with van der Waals surface area (Å²) in [6.07, 6.45) is 5.29. The third-order valence-electron chi connectivity index (χ3n) is 4.49. The minimum Gasteiger partial charge on any atom is -0.481 e. The van der Waals surface area contributed by atoms with Gasteiger partial charge in [0.05, 0.1) is 5.41 Å². The summed E-state index contributed by atoms with van der Waals surface area (Å²) in [7, 11) is 0. The summed E-state index contributed by atoms with van der Waals surface area (Å²) >= 11 is 0. The van der Waals surface area contributed by atoms with Crippen molar-refractivity contribution < 1.29 is 14.7 Å². The average molecular weight is 298 g/mol. The van der Waals surface area contributed by atoms with E-state index in [1.54, 1.807) is 6.92 Å². The van der Waals surface area contributed by atoms with Crippen LogP contribution in [0.25, 0.3) is 0 Å². The number of carboxylic acid groups (broad SMARTS) is 1. The number of likely N-dealkylation sites (tertiary alicyclic amines) is 1. The number of piperidine rings is 1. The number of hydrogen-bond acceptors (Lipinski definition) is 2. The summed E-state index contributed by atoms with van der Waals surface area (Å²) in [4.78, 5) is 27.6. The Morgan fingerprint density at radius 3 is 1.95 bits per heavy atom. The third kappa shape index (κ3) is 4.90. The van der Waals surface area contributed by atoms with Gasteiger partial charge in [-0.15, -0.1) is 0 Å². The van der Waals surface area contributed by atoms with Crippen LogP contribution in [0.1, 0.15) is 59.3 Å². The van der Waals surface area contributed by atoms with Gasteiger partial charge in [0.2, 0.25) is 0 Å². The molecule has 0 atom stereocenters. The Morgan fingerprint density at radius 1 is 1.10 bits per heavy atom. The van der Waals surface area contributed by atoms with E-state index in [2.05, 4.69) is 13.8 Å². The van der Waals surface area contributed by atoms with Crippen molar-refractivity contribution in [3.63, 3.8) is 0 Å².